The van der Waals surface area contributed by atoms with Gasteiger partial charge in [0.1, 0.15) is 5.75 Å². The predicted molar refractivity (Wildman–Crippen MR) is 77.4 cm³/mol. The first-order chi connectivity index (χ1) is 9.19. The normalized spacial score (nSPS) is 23.1. The summed E-state index contributed by atoms with van der Waals surface area (Å²) in [5, 5.41) is 0. The second-order valence-corrected chi connectivity index (χ2v) is 5.67. The van der Waals surface area contributed by atoms with Gasteiger partial charge < -0.3 is 4.74 Å². The molecule has 0 amide bonds. The van der Waals surface area contributed by atoms with Crippen molar-refractivity contribution in [2.75, 3.05) is 0 Å². The first-order valence-electron chi connectivity index (χ1n) is 7.47. The molecule has 1 aromatic carbocycles. The topological polar surface area (TPSA) is 26.3 Å². The predicted octanol–water partition coefficient (Wildman–Crippen LogP) is 4.69. The molecule has 0 saturated heterocycles. The van der Waals surface area contributed by atoms with E-state index < -0.39 is 0 Å². The Labute approximate surface area is 116 Å². The Morgan fingerprint density at radius 2 is 1.79 bits per heavy atom. The lowest BCUT2D eigenvalue weighted by Gasteiger charge is -2.28. The monoisotopic (exact) mass is 260 g/mol. The number of ether oxygens (including phenoxy) is 1. The molecule has 0 atom stereocenters. The molecule has 0 unspecified atom stereocenters. The first kappa shape index (κ1) is 14.1. The fourth-order valence-corrected chi connectivity index (χ4v) is 3.17. The van der Waals surface area contributed by atoms with E-state index in [-0.39, 0.29) is 5.97 Å². The van der Waals surface area contributed by atoms with E-state index in [0.717, 1.165) is 5.92 Å². The molecule has 1 aromatic rings. The number of carbonyl (C=O) groups excluding carboxylic acids is 1. The second-order valence-electron chi connectivity index (χ2n) is 5.67. The van der Waals surface area contributed by atoms with E-state index in [0.29, 0.717) is 11.7 Å². The molecule has 2 nitrogen and oxygen atoms in total. The van der Waals surface area contributed by atoms with Crippen molar-refractivity contribution in [3.05, 3.63) is 29.8 Å². The van der Waals surface area contributed by atoms with Crippen molar-refractivity contribution in [2.24, 2.45) is 5.92 Å². The maximum Gasteiger partial charge on any atom is 0.308 e. The minimum atomic E-state index is -0.257. The zero-order chi connectivity index (χ0) is 13.7. The summed E-state index contributed by atoms with van der Waals surface area (Å²) in [5.41, 5.74) is 1.39. The molecule has 0 bridgehead atoms. The van der Waals surface area contributed by atoms with Gasteiger partial charge in [-0.25, -0.2) is 0 Å². The Morgan fingerprint density at radius 3 is 2.32 bits per heavy atom. The zero-order valence-electron chi connectivity index (χ0n) is 12.0. The van der Waals surface area contributed by atoms with Crippen LogP contribution in [0, 0.1) is 5.92 Å². The smallest absolute Gasteiger partial charge is 0.308 e. The fraction of sp³-hybridized carbons (Fsp3) is 0.588. The number of benzene rings is 1. The lowest BCUT2D eigenvalue weighted by molar-refractivity contribution is -0.131. The minimum absolute atomic E-state index is 0.257. The number of rotatable bonds is 4. The Hall–Kier alpha value is -1.31. The van der Waals surface area contributed by atoms with E-state index in [2.05, 4.69) is 19.1 Å². The van der Waals surface area contributed by atoms with Crippen LogP contribution < -0.4 is 4.74 Å². The third-order valence-corrected chi connectivity index (χ3v) is 4.16. The van der Waals surface area contributed by atoms with Crippen LogP contribution in [0.25, 0.3) is 0 Å². The van der Waals surface area contributed by atoms with Crippen LogP contribution >= 0.6 is 0 Å². The van der Waals surface area contributed by atoms with Crippen LogP contribution in [0.15, 0.2) is 24.3 Å². The number of esters is 1. The summed E-state index contributed by atoms with van der Waals surface area (Å²) in [6, 6.07) is 8.05. The van der Waals surface area contributed by atoms with Crippen molar-refractivity contribution in [3.63, 3.8) is 0 Å². The highest BCUT2D eigenvalue weighted by Gasteiger charge is 2.21. The molecule has 2 heteroatoms. The first-order valence-corrected chi connectivity index (χ1v) is 7.47. The number of hydrogen-bond donors (Lipinski definition) is 0. The van der Waals surface area contributed by atoms with Gasteiger partial charge in [0, 0.05) is 6.92 Å². The second kappa shape index (κ2) is 6.74. The van der Waals surface area contributed by atoms with Crippen molar-refractivity contribution in [2.45, 2.75) is 58.3 Å². The summed E-state index contributed by atoms with van der Waals surface area (Å²) in [4.78, 5) is 10.9. The van der Waals surface area contributed by atoms with Gasteiger partial charge in [0.05, 0.1) is 0 Å². The Balaban J connectivity index is 1.90. The largest absolute Gasteiger partial charge is 0.427 e. The molecule has 0 aliphatic heterocycles. The van der Waals surface area contributed by atoms with Crippen LogP contribution in [0.4, 0.5) is 0 Å². The summed E-state index contributed by atoms with van der Waals surface area (Å²) in [5.74, 6) is 2.03. The summed E-state index contributed by atoms with van der Waals surface area (Å²) >= 11 is 0. The van der Waals surface area contributed by atoms with E-state index in [4.69, 9.17) is 4.74 Å². The van der Waals surface area contributed by atoms with Crippen LogP contribution in [-0.2, 0) is 4.79 Å². The van der Waals surface area contributed by atoms with Gasteiger partial charge in [-0.2, -0.15) is 0 Å². The standard InChI is InChI=1S/C17H24O2/c1-3-4-14-5-7-15(8-6-14)16-9-11-17(12-10-16)19-13(2)18/h9-12,14-15H,3-8H2,1-2H3. The molecule has 2 rings (SSSR count). The van der Waals surface area contributed by atoms with Crippen molar-refractivity contribution < 1.29 is 9.53 Å². The highest BCUT2D eigenvalue weighted by Crippen LogP contribution is 2.37. The summed E-state index contributed by atoms with van der Waals surface area (Å²) in [6.45, 7) is 3.71. The van der Waals surface area contributed by atoms with Gasteiger partial charge >= 0.3 is 5.97 Å². The van der Waals surface area contributed by atoms with Crippen molar-refractivity contribution in [1.82, 2.24) is 0 Å². The van der Waals surface area contributed by atoms with E-state index in [1.807, 2.05) is 12.1 Å². The highest BCUT2D eigenvalue weighted by atomic mass is 16.5. The molecule has 1 aliphatic rings. The van der Waals surface area contributed by atoms with E-state index >= 15 is 0 Å². The lowest BCUT2D eigenvalue weighted by Crippen LogP contribution is -2.13. The van der Waals surface area contributed by atoms with Crippen molar-refractivity contribution in [1.29, 1.82) is 0 Å². The molecule has 0 heterocycles. The quantitative estimate of drug-likeness (QED) is 0.580. The molecule has 19 heavy (non-hydrogen) atoms. The third-order valence-electron chi connectivity index (χ3n) is 4.16. The van der Waals surface area contributed by atoms with Gasteiger partial charge in [0.15, 0.2) is 0 Å². The number of hydrogen-bond acceptors (Lipinski definition) is 2. The molecule has 1 fully saturated rings. The van der Waals surface area contributed by atoms with Crippen molar-refractivity contribution in [3.8, 4) is 5.75 Å². The molecule has 0 aromatic heterocycles. The number of carbonyl (C=O) groups is 1. The molecule has 0 spiro atoms. The maximum atomic E-state index is 10.9. The summed E-state index contributed by atoms with van der Waals surface area (Å²) < 4.78 is 5.07. The van der Waals surface area contributed by atoms with Gasteiger partial charge in [-0.1, -0.05) is 31.9 Å². The van der Waals surface area contributed by atoms with Crippen LogP contribution in [-0.4, -0.2) is 5.97 Å². The van der Waals surface area contributed by atoms with Gasteiger partial charge in [0.2, 0.25) is 0 Å². The SMILES string of the molecule is CCCC1CCC(c2ccc(OC(C)=O)cc2)CC1. The molecule has 1 aliphatic carbocycles. The van der Waals surface area contributed by atoms with Gasteiger partial charge in [0.25, 0.3) is 0 Å². The Morgan fingerprint density at radius 1 is 1.16 bits per heavy atom. The van der Waals surface area contributed by atoms with Gasteiger partial charge in [-0.15, -0.1) is 0 Å². The molecular formula is C17H24O2. The fourth-order valence-electron chi connectivity index (χ4n) is 3.17. The van der Waals surface area contributed by atoms with Crippen LogP contribution in [0.3, 0.4) is 0 Å². The van der Waals surface area contributed by atoms with Crippen LogP contribution in [0.5, 0.6) is 5.75 Å². The molecule has 1 saturated carbocycles. The maximum absolute atomic E-state index is 10.9. The minimum Gasteiger partial charge on any atom is -0.427 e. The Bertz CT molecular complexity index is 400. The molecule has 0 N–H and O–H groups in total. The summed E-state index contributed by atoms with van der Waals surface area (Å²) in [6.07, 6.45) is 8.04. The van der Waals surface area contributed by atoms with Gasteiger partial charge in [-0.05, 0) is 55.2 Å². The lowest BCUT2D eigenvalue weighted by atomic mass is 9.77. The Kier molecular flexibility index (Phi) is 5.00. The molecular weight excluding hydrogens is 236 g/mol. The van der Waals surface area contributed by atoms with Crippen molar-refractivity contribution >= 4 is 5.97 Å². The molecule has 0 radical (unpaired) electrons. The average molecular weight is 260 g/mol. The van der Waals surface area contributed by atoms with E-state index in [1.54, 1.807) is 0 Å². The molecule has 104 valence electrons. The zero-order valence-corrected chi connectivity index (χ0v) is 12.0. The average Bonchev–Trinajstić information content (AvgIpc) is 2.40. The third kappa shape index (κ3) is 4.09. The summed E-state index contributed by atoms with van der Waals surface area (Å²) in [7, 11) is 0. The van der Waals surface area contributed by atoms with E-state index in [1.165, 1.54) is 51.0 Å². The van der Waals surface area contributed by atoms with E-state index in [9.17, 15) is 4.79 Å². The van der Waals surface area contributed by atoms with Crippen LogP contribution in [0.1, 0.15) is 63.9 Å². The van der Waals surface area contributed by atoms with Gasteiger partial charge in [-0.3, -0.25) is 4.79 Å². The van der Waals surface area contributed by atoms with Crippen LogP contribution in [0.2, 0.25) is 0 Å². The highest BCUT2D eigenvalue weighted by molar-refractivity contribution is 5.69.